The molecule has 0 unspecified atom stereocenters. The van der Waals surface area contributed by atoms with Crippen molar-refractivity contribution < 1.29 is 14.9 Å². The number of nitrogen functional groups attached to an aromatic ring is 1. The van der Waals surface area contributed by atoms with Gasteiger partial charge in [0.25, 0.3) is 4.62 Å². The molecular formula is C17H14BrN4O2+. The number of rotatable bonds is 5. The third-order valence-corrected chi connectivity index (χ3v) is 3.49. The number of hydrogen-bond acceptors (Lipinski definition) is 5. The van der Waals surface area contributed by atoms with Gasteiger partial charge in [-0.2, -0.15) is 0 Å². The van der Waals surface area contributed by atoms with E-state index in [1.54, 1.807) is 24.3 Å². The Kier molecular flexibility index (Phi) is 4.72. The Bertz CT molecular complexity index is 854. The van der Waals surface area contributed by atoms with Crippen LogP contribution in [0.1, 0.15) is 5.56 Å². The number of anilines is 1. The van der Waals surface area contributed by atoms with Crippen LogP contribution >= 0.6 is 15.9 Å². The molecule has 4 N–H and O–H groups in total. The average molecular weight is 386 g/mol. The van der Waals surface area contributed by atoms with Gasteiger partial charge in [-0.1, -0.05) is 18.2 Å². The van der Waals surface area contributed by atoms with E-state index in [0.717, 1.165) is 5.75 Å². The Morgan fingerprint density at radius 1 is 0.875 bits per heavy atom. The van der Waals surface area contributed by atoms with E-state index in [1.165, 1.54) is 6.33 Å². The highest BCUT2D eigenvalue weighted by Gasteiger charge is 2.18. The van der Waals surface area contributed by atoms with Gasteiger partial charge in [0, 0.05) is 15.9 Å². The van der Waals surface area contributed by atoms with Gasteiger partial charge in [0.15, 0.2) is 5.56 Å². The summed E-state index contributed by atoms with van der Waals surface area (Å²) in [4.78, 5) is 7.97. The number of ether oxygens (including phenoxy) is 2. The molecule has 0 aliphatic heterocycles. The van der Waals surface area contributed by atoms with E-state index in [0.29, 0.717) is 21.7 Å². The fourth-order valence-electron chi connectivity index (χ4n) is 2.00. The summed E-state index contributed by atoms with van der Waals surface area (Å²) in [5, 5.41) is 5.75. The first-order valence-corrected chi connectivity index (χ1v) is 7.82. The Labute approximate surface area is 146 Å². The van der Waals surface area contributed by atoms with Crippen LogP contribution in [0.3, 0.4) is 0 Å². The molecule has 0 radical (unpaired) electrons. The van der Waals surface area contributed by atoms with Crippen molar-refractivity contribution in [2.45, 2.75) is 0 Å². The second kappa shape index (κ2) is 7.10. The Morgan fingerprint density at radius 3 is 2.08 bits per heavy atom. The smallest absolute Gasteiger partial charge is 0.256 e. The van der Waals surface area contributed by atoms with Gasteiger partial charge in [0.1, 0.15) is 29.4 Å². The summed E-state index contributed by atoms with van der Waals surface area (Å²) >= 11 is 3.18. The lowest BCUT2D eigenvalue weighted by atomic mass is 10.3. The molecule has 3 aromatic rings. The van der Waals surface area contributed by atoms with Crippen LogP contribution in [-0.4, -0.2) is 14.6 Å². The van der Waals surface area contributed by atoms with Crippen LogP contribution in [0.25, 0.3) is 0 Å². The van der Waals surface area contributed by atoms with Crippen LogP contribution in [0.4, 0.5) is 5.82 Å². The molecule has 0 amide bonds. The molecule has 1 aromatic heterocycles. The van der Waals surface area contributed by atoms with E-state index in [2.05, 4.69) is 25.9 Å². The third-order valence-electron chi connectivity index (χ3n) is 3.10. The normalized spacial score (nSPS) is 10.2. The third kappa shape index (κ3) is 3.69. The molecule has 0 saturated heterocycles. The Balaban J connectivity index is 1.78. The molecule has 7 heteroatoms. The van der Waals surface area contributed by atoms with Crippen molar-refractivity contribution in [2.75, 3.05) is 5.73 Å². The van der Waals surface area contributed by atoms with Crippen LogP contribution < -0.4 is 20.6 Å². The predicted octanol–water partition coefficient (Wildman–Crippen LogP) is 2.54. The second-order valence-electron chi connectivity index (χ2n) is 4.78. The maximum atomic E-state index is 5.80. The minimum absolute atomic E-state index is 0.235. The van der Waals surface area contributed by atoms with Crippen LogP contribution in [0, 0.1) is 0 Å². The van der Waals surface area contributed by atoms with Gasteiger partial charge in [-0.15, -0.1) is 0 Å². The van der Waals surface area contributed by atoms with Crippen LogP contribution in [-0.2, 0) is 0 Å². The van der Waals surface area contributed by atoms with Gasteiger partial charge in [0.2, 0.25) is 5.88 Å². The molecular weight excluding hydrogens is 372 g/mol. The molecule has 0 aliphatic carbocycles. The Hall–Kier alpha value is -2.93. The van der Waals surface area contributed by atoms with Crippen molar-refractivity contribution >= 4 is 26.4 Å². The molecule has 1 heterocycles. The molecule has 0 spiro atoms. The van der Waals surface area contributed by atoms with Crippen molar-refractivity contribution in [3.8, 4) is 23.1 Å². The van der Waals surface area contributed by atoms with Gasteiger partial charge in [0.05, 0.1) is 0 Å². The maximum Gasteiger partial charge on any atom is 0.256 e. The number of para-hydroxylation sites is 1. The highest BCUT2D eigenvalue weighted by Crippen LogP contribution is 2.29. The molecule has 24 heavy (non-hydrogen) atoms. The summed E-state index contributed by atoms with van der Waals surface area (Å²) in [7, 11) is 0. The van der Waals surface area contributed by atoms with Crippen molar-refractivity contribution in [1.29, 1.82) is 0 Å². The SMILES string of the molecule is Nc1ncnc(Oc2ccc(Oc3ccccc3)cc2)c1C(=[NH2+])Br. The molecule has 120 valence electrons. The predicted molar refractivity (Wildman–Crippen MR) is 94.4 cm³/mol. The standard InChI is InChI=1S/C17H13BrN4O2/c18-15(19)14-16(20)21-10-22-17(14)24-13-8-6-12(7-9-13)23-11-4-2-1-3-5-11/h1-10,19H,(H2,20,21,22)/p+1. The highest BCUT2D eigenvalue weighted by molar-refractivity contribution is 9.18. The summed E-state index contributed by atoms with van der Waals surface area (Å²) in [6, 6.07) is 16.7. The van der Waals surface area contributed by atoms with Crippen LogP contribution in [0.5, 0.6) is 23.1 Å². The lowest BCUT2D eigenvalue weighted by Crippen LogP contribution is -2.37. The summed E-state index contributed by atoms with van der Waals surface area (Å²) in [6.45, 7) is 0. The number of nitrogens with zero attached hydrogens (tertiary/aromatic N) is 2. The lowest BCUT2D eigenvalue weighted by molar-refractivity contribution is -0.107. The van der Waals surface area contributed by atoms with E-state index in [9.17, 15) is 0 Å². The second-order valence-corrected chi connectivity index (χ2v) is 5.63. The molecule has 0 bridgehead atoms. The zero-order chi connectivity index (χ0) is 16.9. The van der Waals surface area contributed by atoms with E-state index in [-0.39, 0.29) is 11.7 Å². The fourth-order valence-corrected chi connectivity index (χ4v) is 2.37. The van der Waals surface area contributed by atoms with Gasteiger partial charge >= 0.3 is 0 Å². The minimum Gasteiger partial charge on any atom is -0.457 e. The number of benzene rings is 2. The zero-order valence-electron chi connectivity index (χ0n) is 12.5. The van der Waals surface area contributed by atoms with Crippen molar-refractivity contribution in [1.82, 2.24) is 9.97 Å². The first-order chi connectivity index (χ1) is 11.6. The summed E-state index contributed by atoms with van der Waals surface area (Å²) < 4.78 is 11.8. The monoisotopic (exact) mass is 385 g/mol. The fraction of sp³-hybridized carbons (Fsp3) is 0. The molecule has 0 atom stereocenters. The number of aromatic nitrogens is 2. The molecule has 2 aromatic carbocycles. The highest BCUT2D eigenvalue weighted by atomic mass is 79.9. The van der Waals surface area contributed by atoms with Crippen molar-refractivity contribution in [3.05, 3.63) is 66.5 Å². The summed E-state index contributed by atoms with van der Waals surface area (Å²) in [6.07, 6.45) is 1.32. The average Bonchev–Trinajstić information content (AvgIpc) is 2.57. The summed E-state index contributed by atoms with van der Waals surface area (Å²) in [5.74, 6) is 2.54. The quantitative estimate of drug-likeness (QED) is 0.657. The van der Waals surface area contributed by atoms with Gasteiger partial charge in [-0.3, -0.25) is 0 Å². The van der Waals surface area contributed by atoms with E-state index >= 15 is 0 Å². The maximum absolute atomic E-state index is 5.80. The minimum atomic E-state index is 0.235. The number of hydrogen-bond donors (Lipinski definition) is 2. The topological polar surface area (TPSA) is 95.9 Å². The van der Waals surface area contributed by atoms with Crippen molar-refractivity contribution in [3.63, 3.8) is 0 Å². The molecule has 3 rings (SSSR count). The zero-order valence-corrected chi connectivity index (χ0v) is 14.1. The largest absolute Gasteiger partial charge is 0.457 e. The van der Waals surface area contributed by atoms with Gasteiger partial charge in [-0.05, 0) is 36.4 Å². The van der Waals surface area contributed by atoms with Crippen molar-refractivity contribution in [2.24, 2.45) is 0 Å². The first kappa shape index (κ1) is 15.9. The lowest BCUT2D eigenvalue weighted by Gasteiger charge is -2.09. The summed E-state index contributed by atoms with van der Waals surface area (Å²) in [5.41, 5.74) is 6.22. The van der Waals surface area contributed by atoms with E-state index < -0.39 is 0 Å². The van der Waals surface area contributed by atoms with E-state index in [4.69, 9.17) is 20.6 Å². The first-order valence-electron chi connectivity index (χ1n) is 7.03. The number of halogens is 1. The van der Waals surface area contributed by atoms with Gasteiger partial charge in [-0.25, -0.2) is 15.4 Å². The molecule has 6 nitrogen and oxygen atoms in total. The number of nitrogens with two attached hydrogens (primary N) is 2. The molecule has 0 fully saturated rings. The Morgan fingerprint density at radius 2 is 1.46 bits per heavy atom. The molecule has 0 aliphatic rings. The van der Waals surface area contributed by atoms with Crippen LogP contribution in [0.15, 0.2) is 60.9 Å². The van der Waals surface area contributed by atoms with Crippen LogP contribution in [0.2, 0.25) is 0 Å². The molecule has 0 saturated carbocycles. The van der Waals surface area contributed by atoms with E-state index in [1.807, 2.05) is 30.3 Å². The van der Waals surface area contributed by atoms with Gasteiger partial charge < -0.3 is 15.2 Å².